The molecule has 0 amide bonds. The highest BCUT2D eigenvalue weighted by molar-refractivity contribution is 7.25. The first-order chi connectivity index (χ1) is 27.2. The Morgan fingerprint density at radius 1 is 0.364 bits per heavy atom. The Balaban J connectivity index is 0.975. The Kier molecular flexibility index (Phi) is 7.39. The first-order valence-electron chi connectivity index (χ1n) is 18.7. The van der Waals surface area contributed by atoms with Crippen molar-refractivity contribution in [2.75, 3.05) is 4.90 Å². The fraction of sp³-hybridized carbons (Fsp3) is 0. The summed E-state index contributed by atoms with van der Waals surface area (Å²) in [5.74, 6) is 0. The van der Waals surface area contributed by atoms with Gasteiger partial charge in [-0.05, 0) is 87.8 Å². The minimum absolute atomic E-state index is 0.896. The quantitative estimate of drug-likeness (QED) is 0.170. The summed E-state index contributed by atoms with van der Waals surface area (Å²) in [7, 11) is 0. The maximum Gasteiger partial charge on any atom is 0.143 e. The largest absolute Gasteiger partial charge is 0.455 e. The van der Waals surface area contributed by atoms with Crippen molar-refractivity contribution in [3.63, 3.8) is 0 Å². The Hall–Kier alpha value is -6.94. The molecule has 0 fully saturated rings. The molecule has 0 atom stereocenters. The Bertz CT molecular complexity index is 3190. The van der Waals surface area contributed by atoms with Crippen molar-refractivity contribution < 1.29 is 4.42 Å². The Labute approximate surface area is 322 Å². The third kappa shape index (κ3) is 5.40. The first-order valence-corrected chi connectivity index (χ1v) is 19.5. The standard InChI is InChI=1S/C52H33NOS/c1-2-10-37(11-3-1)43-16-9-17-46-47-32-38(25-31-49(47)54-52(43)46)34-20-26-40(27-21-34)53(48-18-8-13-36-12-4-5-14-42(36)48)41-28-22-35(23-29-41)39-24-30-45-44-15-6-7-19-50(44)55-51(45)33-39/h1-33H. The van der Waals surface area contributed by atoms with Crippen LogP contribution in [0, 0.1) is 0 Å². The predicted molar refractivity (Wildman–Crippen MR) is 235 cm³/mol. The topological polar surface area (TPSA) is 16.4 Å². The third-order valence-electron chi connectivity index (χ3n) is 10.9. The molecule has 0 saturated heterocycles. The summed E-state index contributed by atoms with van der Waals surface area (Å²) >= 11 is 1.86. The molecule has 11 aromatic rings. The Morgan fingerprint density at radius 2 is 0.964 bits per heavy atom. The molecule has 9 aromatic carbocycles. The van der Waals surface area contributed by atoms with E-state index >= 15 is 0 Å². The van der Waals surface area contributed by atoms with E-state index < -0.39 is 0 Å². The summed E-state index contributed by atoms with van der Waals surface area (Å²) in [5.41, 5.74) is 12.2. The molecular weight excluding hydrogens is 687 g/mol. The highest BCUT2D eigenvalue weighted by Gasteiger charge is 2.17. The first kappa shape index (κ1) is 31.6. The highest BCUT2D eigenvalue weighted by atomic mass is 32.1. The summed E-state index contributed by atoms with van der Waals surface area (Å²) < 4.78 is 9.12. The molecule has 2 aromatic heterocycles. The van der Waals surface area contributed by atoms with Gasteiger partial charge >= 0.3 is 0 Å². The molecule has 55 heavy (non-hydrogen) atoms. The number of nitrogens with zero attached hydrogens (tertiary/aromatic N) is 1. The maximum atomic E-state index is 6.47. The second-order valence-corrected chi connectivity index (χ2v) is 15.2. The van der Waals surface area contributed by atoms with Gasteiger partial charge in [-0.15, -0.1) is 11.3 Å². The zero-order valence-corrected chi connectivity index (χ0v) is 30.6. The van der Waals surface area contributed by atoms with Gasteiger partial charge in [0.1, 0.15) is 11.2 Å². The number of fused-ring (bicyclic) bond motifs is 7. The number of anilines is 3. The van der Waals surface area contributed by atoms with Crippen molar-refractivity contribution >= 4 is 81.3 Å². The van der Waals surface area contributed by atoms with Crippen LogP contribution in [0.5, 0.6) is 0 Å². The fourth-order valence-electron chi connectivity index (χ4n) is 8.16. The zero-order chi connectivity index (χ0) is 36.3. The minimum Gasteiger partial charge on any atom is -0.455 e. The number of thiophene rings is 1. The monoisotopic (exact) mass is 719 g/mol. The van der Waals surface area contributed by atoms with Crippen molar-refractivity contribution in [3.05, 3.63) is 200 Å². The van der Waals surface area contributed by atoms with Crippen LogP contribution in [0.15, 0.2) is 205 Å². The molecule has 0 bridgehead atoms. The van der Waals surface area contributed by atoms with Gasteiger partial charge in [0.2, 0.25) is 0 Å². The lowest BCUT2D eigenvalue weighted by atomic mass is 9.99. The van der Waals surface area contributed by atoms with Crippen LogP contribution in [0.1, 0.15) is 0 Å². The summed E-state index contributed by atoms with van der Waals surface area (Å²) in [5, 5.41) is 7.32. The van der Waals surface area contributed by atoms with E-state index in [4.69, 9.17) is 4.42 Å². The molecule has 0 aliphatic heterocycles. The van der Waals surface area contributed by atoms with Gasteiger partial charge in [-0.25, -0.2) is 0 Å². The number of para-hydroxylation sites is 1. The normalized spacial score (nSPS) is 11.6. The van der Waals surface area contributed by atoms with E-state index in [2.05, 4.69) is 199 Å². The van der Waals surface area contributed by atoms with E-state index in [-0.39, 0.29) is 0 Å². The van der Waals surface area contributed by atoms with Crippen molar-refractivity contribution in [2.45, 2.75) is 0 Å². The van der Waals surface area contributed by atoms with Crippen molar-refractivity contribution in [1.82, 2.24) is 0 Å². The molecule has 258 valence electrons. The van der Waals surface area contributed by atoms with E-state index in [0.29, 0.717) is 0 Å². The number of benzene rings is 9. The number of furan rings is 1. The van der Waals surface area contributed by atoms with Gasteiger partial charge in [0, 0.05) is 53.3 Å². The Morgan fingerprint density at radius 3 is 1.76 bits per heavy atom. The summed E-state index contributed by atoms with van der Waals surface area (Å²) in [6, 6.07) is 72.1. The average Bonchev–Trinajstić information content (AvgIpc) is 3.82. The number of hydrogen-bond acceptors (Lipinski definition) is 3. The van der Waals surface area contributed by atoms with Crippen LogP contribution in [0.4, 0.5) is 17.1 Å². The predicted octanol–water partition coefficient (Wildman–Crippen LogP) is 15.6. The van der Waals surface area contributed by atoms with Crippen LogP contribution in [-0.4, -0.2) is 0 Å². The molecular formula is C52H33NOS. The molecule has 0 aliphatic carbocycles. The highest BCUT2D eigenvalue weighted by Crippen LogP contribution is 2.42. The second-order valence-electron chi connectivity index (χ2n) is 14.1. The van der Waals surface area contributed by atoms with Crippen molar-refractivity contribution in [1.29, 1.82) is 0 Å². The molecule has 11 rings (SSSR count). The van der Waals surface area contributed by atoms with Crippen LogP contribution in [-0.2, 0) is 0 Å². The van der Waals surface area contributed by atoms with E-state index in [1.807, 2.05) is 17.4 Å². The van der Waals surface area contributed by atoms with Crippen LogP contribution in [0.25, 0.3) is 86.3 Å². The molecule has 0 saturated carbocycles. The van der Waals surface area contributed by atoms with Gasteiger partial charge in [0.25, 0.3) is 0 Å². The van der Waals surface area contributed by atoms with Gasteiger partial charge in [0.15, 0.2) is 0 Å². The summed E-state index contributed by atoms with van der Waals surface area (Å²) in [4.78, 5) is 2.38. The van der Waals surface area contributed by atoms with Crippen LogP contribution in [0.3, 0.4) is 0 Å². The van der Waals surface area contributed by atoms with Gasteiger partial charge in [0.05, 0.1) is 5.69 Å². The van der Waals surface area contributed by atoms with Gasteiger partial charge < -0.3 is 9.32 Å². The lowest BCUT2D eigenvalue weighted by Gasteiger charge is -2.27. The average molecular weight is 720 g/mol. The summed E-state index contributed by atoms with van der Waals surface area (Å²) in [6.07, 6.45) is 0. The van der Waals surface area contributed by atoms with Crippen LogP contribution in [0.2, 0.25) is 0 Å². The van der Waals surface area contributed by atoms with Crippen LogP contribution >= 0.6 is 11.3 Å². The molecule has 3 heteroatoms. The molecule has 2 nitrogen and oxygen atoms in total. The van der Waals surface area contributed by atoms with E-state index in [1.165, 1.54) is 42.1 Å². The number of hydrogen-bond donors (Lipinski definition) is 0. The lowest BCUT2D eigenvalue weighted by Crippen LogP contribution is -2.10. The van der Waals surface area contributed by atoms with E-state index in [0.717, 1.165) is 61.3 Å². The summed E-state index contributed by atoms with van der Waals surface area (Å²) in [6.45, 7) is 0. The van der Waals surface area contributed by atoms with Gasteiger partial charge in [-0.1, -0.05) is 146 Å². The van der Waals surface area contributed by atoms with E-state index in [9.17, 15) is 0 Å². The van der Waals surface area contributed by atoms with Crippen LogP contribution < -0.4 is 4.90 Å². The minimum atomic E-state index is 0.896. The molecule has 0 aliphatic rings. The smallest absolute Gasteiger partial charge is 0.143 e. The van der Waals surface area contributed by atoms with Crippen molar-refractivity contribution in [3.8, 4) is 33.4 Å². The molecule has 0 N–H and O–H groups in total. The third-order valence-corrected chi connectivity index (χ3v) is 12.0. The van der Waals surface area contributed by atoms with Crippen molar-refractivity contribution in [2.24, 2.45) is 0 Å². The van der Waals surface area contributed by atoms with Gasteiger partial charge in [-0.2, -0.15) is 0 Å². The second kappa shape index (κ2) is 12.9. The molecule has 0 spiro atoms. The zero-order valence-electron chi connectivity index (χ0n) is 29.8. The fourth-order valence-corrected chi connectivity index (χ4v) is 9.31. The lowest BCUT2D eigenvalue weighted by molar-refractivity contribution is 0.670. The van der Waals surface area contributed by atoms with E-state index in [1.54, 1.807) is 0 Å². The molecule has 0 radical (unpaired) electrons. The van der Waals surface area contributed by atoms with Gasteiger partial charge in [-0.3, -0.25) is 0 Å². The molecule has 0 unspecified atom stereocenters. The SMILES string of the molecule is c1ccc(-c2cccc3c2oc2ccc(-c4ccc(N(c5ccc(-c6ccc7c(c6)sc6ccccc67)cc5)c5cccc6ccccc56)cc4)cc23)cc1. The molecule has 2 heterocycles. The number of rotatable bonds is 6. The maximum absolute atomic E-state index is 6.47.